The second-order valence-electron chi connectivity index (χ2n) is 2.69. The topological polar surface area (TPSA) is 37.3 Å². The number of fused-ring (bicyclic) bond motifs is 1. The standard InChI is InChI=1S/C9H4BrIO2S/c10-7-5-3-4(11)1-2-6(5)14-8(7)9(12)13/h1-3H,(H,12,13). The molecule has 72 valence electrons. The van der Waals surface area contributed by atoms with E-state index in [1.165, 1.54) is 11.3 Å². The van der Waals surface area contributed by atoms with Gasteiger partial charge in [-0.25, -0.2) is 4.79 Å². The Kier molecular flexibility index (Phi) is 2.81. The summed E-state index contributed by atoms with van der Waals surface area (Å²) in [6.45, 7) is 0. The third-order valence-electron chi connectivity index (χ3n) is 1.78. The molecular formula is C9H4BrIO2S. The molecule has 0 spiro atoms. The van der Waals surface area contributed by atoms with Gasteiger partial charge in [0.15, 0.2) is 0 Å². The molecule has 0 bridgehead atoms. The van der Waals surface area contributed by atoms with Crippen molar-refractivity contribution in [2.75, 3.05) is 0 Å². The Morgan fingerprint density at radius 2 is 2.21 bits per heavy atom. The van der Waals surface area contributed by atoms with Crippen LogP contribution >= 0.6 is 49.9 Å². The van der Waals surface area contributed by atoms with Crippen LogP contribution in [0.25, 0.3) is 10.1 Å². The fourth-order valence-corrected chi connectivity index (χ4v) is 3.45. The van der Waals surface area contributed by atoms with Crippen LogP contribution < -0.4 is 0 Å². The summed E-state index contributed by atoms with van der Waals surface area (Å²) in [7, 11) is 0. The summed E-state index contributed by atoms with van der Waals surface area (Å²) in [4.78, 5) is 11.2. The van der Waals surface area contributed by atoms with E-state index in [1.807, 2.05) is 18.2 Å². The highest BCUT2D eigenvalue weighted by Gasteiger charge is 2.15. The number of hydrogen-bond acceptors (Lipinski definition) is 2. The molecule has 14 heavy (non-hydrogen) atoms. The maximum atomic E-state index is 10.9. The number of benzene rings is 1. The zero-order chi connectivity index (χ0) is 10.3. The van der Waals surface area contributed by atoms with Gasteiger partial charge in [0.2, 0.25) is 0 Å². The molecule has 0 radical (unpaired) electrons. The highest BCUT2D eigenvalue weighted by atomic mass is 127. The Morgan fingerprint density at radius 3 is 2.86 bits per heavy atom. The van der Waals surface area contributed by atoms with Gasteiger partial charge in [-0.2, -0.15) is 0 Å². The molecule has 0 fully saturated rings. The van der Waals surface area contributed by atoms with E-state index in [1.54, 1.807) is 0 Å². The molecule has 1 heterocycles. The summed E-state index contributed by atoms with van der Waals surface area (Å²) in [5.74, 6) is -0.881. The van der Waals surface area contributed by atoms with E-state index in [-0.39, 0.29) is 0 Å². The largest absolute Gasteiger partial charge is 0.477 e. The second kappa shape index (κ2) is 3.79. The fraction of sp³-hybridized carbons (Fsp3) is 0. The van der Waals surface area contributed by atoms with Crippen molar-refractivity contribution in [3.8, 4) is 0 Å². The molecule has 2 nitrogen and oxygen atoms in total. The number of carbonyl (C=O) groups is 1. The summed E-state index contributed by atoms with van der Waals surface area (Å²) in [6.07, 6.45) is 0. The van der Waals surface area contributed by atoms with Gasteiger partial charge in [-0.3, -0.25) is 0 Å². The van der Waals surface area contributed by atoms with Crippen molar-refractivity contribution >= 4 is 65.9 Å². The molecule has 0 unspecified atom stereocenters. The average molecular weight is 383 g/mol. The Hall–Kier alpha value is -0.140. The minimum atomic E-state index is -0.881. The first kappa shape index (κ1) is 10.4. The summed E-state index contributed by atoms with van der Waals surface area (Å²) >= 11 is 6.81. The Labute approximate surface area is 106 Å². The lowest BCUT2D eigenvalue weighted by Crippen LogP contribution is -1.91. The summed E-state index contributed by atoms with van der Waals surface area (Å²) in [5, 5.41) is 9.89. The van der Waals surface area contributed by atoms with Gasteiger partial charge in [0.1, 0.15) is 4.88 Å². The number of rotatable bonds is 1. The second-order valence-corrected chi connectivity index (χ2v) is 5.78. The molecule has 0 saturated carbocycles. The number of halogens is 2. The number of hydrogen-bond donors (Lipinski definition) is 1. The maximum absolute atomic E-state index is 10.9. The van der Waals surface area contributed by atoms with E-state index in [4.69, 9.17) is 5.11 Å². The SMILES string of the molecule is O=C(O)c1sc2ccc(I)cc2c1Br. The molecule has 0 amide bonds. The van der Waals surface area contributed by atoms with Gasteiger partial charge in [0.25, 0.3) is 0 Å². The van der Waals surface area contributed by atoms with Crippen LogP contribution in [0, 0.1) is 3.57 Å². The zero-order valence-electron chi connectivity index (χ0n) is 6.75. The molecule has 0 aliphatic carbocycles. The molecule has 0 aliphatic heterocycles. The zero-order valence-corrected chi connectivity index (χ0v) is 11.3. The quantitative estimate of drug-likeness (QED) is 0.758. The Bertz CT molecular complexity index is 521. The van der Waals surface area contributed by atoms with Crippen LogP contribution in [0.2, 0.25) is 0 Å². The molecule has 5 heteroatoms. The van der Waals surface area contributed by atoms with E-state index >= 15 is 0 Å². The summed E-state index contributed by atoms with van der Waals surface area (Å²) in [5.41, 5.74) is 0. The van der Waals surface area contributed by atoms with Crippen molar-refractivity contribution < 1.29 is 9.90 Å². The number of aromatic carboxylic acids is 1. The molecule has 2 aromatic rings. The summed E-state index contributed by atoms with van der Waals surface area (Å²) < 4.78 is 2.78. The highest BCUT2D eigenvalue weighted by Crippen LogP contribution is 2.36. The maximum Gasteiger partial charge on any atom is 0.347 e. The third-order valence-corrected chi connectivity index (χ3v) is 4.70. The molecule has 0 atom stereocenters. The van der Waals surface area contributed by atoms with Crippen LogP contribution in [0.4, 0.5) is 0 Å². The number of thiophene rings is 1. The van der Waals surface area contributed by atoms with Crippen LogP contribution in [-0.2, 0) is 0 Å². The molecule has 1 N–H and O–H groups in total. The van der Waals surface area contributed by atoms with Gasteiger partial charge >= 0.3 is 5.97 Å². The third kappa shape index (κ3) is 1.68. The van der Waals surface area contributed by atoms with Crippen molar-refractivity contribution in [3.63, 3.8) is 0 Å². The van der Waals surface area contributed by atoms with Crippen molar-refractivity contribution in [3.05, 3.63) is 31.1 Å². The monoisotopic (exact) mass is 382 g/mol. The predicted octanol–water partition coefficient (Wildman–Crippen LogP) is 3.97. The van der Waals surface area contributed by atoms with Crippen LogP contribution in [0.15, 0.2) is 22.7 Å². The van der Waals surface area contributed by atoms with Crippen molar-refractivity contribution in [2.45, 2.75) is 0 Å². The first-order valence-corrected chi connectivity index (χ1v) is 6.39. The highest BCUT2D eigenvalue weighted by molar-refractivity contribution is 14.1. The first-order valence-electron chi connectivity index (χ1n) is 3.70. The van der Waals surface area contributed by atoms with E-state index < -0.39 is 5.97 Å². The van der Waals surface area contributed by atoms with Crippen molar-refractivity contribution in [2.24, 2.45) is 0 Å². The van der Waals surface area contributed by atoms with Crippen LogP contribution in [0.1, 0.15) is 9.67 Å². The lowest BCUT2D eigenvalue weighted by atomic mass is 10.2. The van der Waals surface area contributed by atoms with Crippen LogP contribution in [-0.4, -0.2) is 11.1 Å². The minimum absolute atomic E-state index is 0.363. The smallest absolute Gasteiger partial charge is 0.347 e. The fourth-order valence-electron chi connectivity index (χ4n) is 1.18. The minimum Gasteiger partial charge on any atom is -0.477 e. The van der Waals surface area contributed by atoms with E-state index in [9.17, 15) is 4.79 Å². The van der Waals surface area contributed by atoms with Crippen molar-refractivity contribution in [1.29, 1.82) is 0 Å². The van der Waals surface area contributed by atoms with E-state index in [0.29, 0.717) is 9.35 Å². The van der Waals surface area contributed by atoms with Gasteiger partial charge in [-0.05, 0) is 56.7 Å². The predicted molar refractivity (Wildman–Crippen MR) is 69.2 cm³/mol. The first-order chi connectivity index (χ1) is 6.59. The molecule has 1 aromatic carbocycles. The summed E-state index contributed by atoms with van der Waals surface area (Å²) in [6, 6.07) is 5.89. The van der Waals surface area contributed by atoms with Gasteiger partial charge in [-0.15, -0.1) is 11.3 Å². The van der Waals surface area contributed by atoms with Crippen LogP contribution in [0.5, 0.6) is 0 Å². The Balaban J connectivity index is 2.80. The van der Waals surface area contributed by atoms with Crippen molar-refractivity contribution in [1.82, 2.24) is 0 Å². The van der Waals surface area contributed by atoms with Gasteiger partial charge in [0, 0.05) is 13.7 Å². The lowest BCUT2D eigenvalue weighted by Gasteiger charge is -1.91. The molecular weight excluding hydrogens is 379 g/mol. The molecule has 1 aromatic heterocycles. The average Bonchev–Trinajstić information content (AvgIpc) is 2.44. The van der Waals surface area contributed by atoms with Gasteiger partial charge in [0.05, 0.1) is 4.47 Å². The Morgan fingerprint density at radius 1 is 1.50 bits per heavy atom. The lowest BCUT2D eigenvalue weighted by molar-refractivity contribution is 0.0701. The normalized spacial score (nSPS) is 10.7. The molecule has 0 aliphatic rings. The van der Waals surface area contributed by atoms with Gasteiger partial charge < -0.3 is 5.11 Å². The molecule has 0 saturated heterocycles. The van der Waals surface area contributed by atoms with E-state index in [0.717, 1.165) is 13.7 Å². The van der Waals surface area contributed by atoms with Crippen LogP contribution in [0.3, 0.4) is 0 Å². The number of carboxylic acids is 1. The van der Waals surface area contributed by atoms with E-state index in [2.05, 4.69) is 38.5 Å². The van der Waals surface area contributed by atoms with Gasteiger partial charge in [-0.1, -0.05) is 0 Å². The number of carboxylic acid groups (broad SMARTS) is 1. The molecule has 2 rings (SSSR count).